The summed E-state index contributed by atoms with van der Waals surface area (Å²) in [6, 6.07) is 12.9. The third-order valence-corrected chi connectivity index (χ3v) is 3.88. The number of pyridine rings is 1. The lowest BCUT2D eigenvalue weighted by atomic mass is 10.1. The van der Waals surface area contributed by atoms with Gasteiger partial charge in [-0.15, -0.1) is 0 Å². The number of rotatable bonds is 6. The van der Waals surface area contributed by atoms with Crippen molar-refractivity contribution in [2.75, 3.05) is 19.7 Å². The Kier molecular flexibility index (Phi) is 4.58. The first kappa shape index (κ1) is 15.8. The van der Waals surface area contributed by atoms with Crippen LogP contribution in [0.4, 0.5) is 0 Å². The molecule has 0 bridgehead atoms. The van der Waals surface area contributed by atoms with Crippen LogP contribution in [0.15, 0.2) is 30.3 Å². The van der Waals surface area contributed by atoms with E-state index in [1.54, 1.807) is 6.07 Å². The Morgan fingerprint density at radius 3 is 2.62 bits per heavy atom. The number of hydrogen-bond acceptors (Lipinski definition) is 5. The Morgan fingerprint density at radius 2 is 1.96 bits per heavy atom. The number of nitrogens with zero attached hydrogens (tertiary/aromatic N) is 4. The molecular weight excluding hydrogens is 304 g/mol. The molecule has 0 aliphatic heterocycles. The Bertz CT molecular complexity index is 830. The van der Waals surface area contributed by atoms with Crippen LogP contribution in [-0.2, 0) is 0 Å². The zero-order valence-corrected chi connectivity index (χ0v) is 13.1. The van der Waals surface area contributed by atoms with Crippen LogP contribution in [-0.4, -0.2) is 35.5 Å². The third-order valence-electron chi connectivity index (χ3n) is 3.88. The SMILES string of the molecule is N#CCN(CC#N)C(=O)c1cc(OCC2CC2)c2ccccc2n1. The van der Waals surface area contributed by atoms with Gasteiger partial charge in [-0.1, -0.05) is 12.1 Å². The van der Waals surface area contributed by atoms with E-state index < -0.39 is 5.91 Å². The first-order valence-corrected chi connectivity index (χ1v) is 7.78. The molecule has 0 saturated heterocycles. The van der Waals surface area contributed by atoms with E-state index >= 15 is 0 Å². The highest BCUT2D eigenvalue weighted by Crippen LogP contribution is 2.32. The van der Waals surface area contributed by atoms with Crippen LogP contribution in [0.1, 0.15) is 23.3 Å². The standard InChI is InChI=1S/C18H16N4O2/c19-7-9-22(10-8-20)18(23)16-11-17(24-12-13-5-6-13)14-3-1-2-4-15(14)21-16/h1-4,11,13H,5-6,9-10,12H2. The minimum atomic E-state index is -0.444. The van der Waals surface area contributed by atoms with Gasteiger partial charge in [0.2, 0.25) is 0 Å². The van der Waals surface area contributed by atoms with Crippen LogP contribution in [0.2, 0.25) is 0 Å². The van der Waals surface area contributed by atoms with Crippen molar-refractivity contribution in [2.45, 2.75) is 12.8 Å². The van der Waals surface area contributed by atoms with Crippen LogP contribution < -0.4 is 4.74 Å². The van der Waals surface area contributed by atoms with E-state index in [0.29, 0.717) is 23.8 Å². The molecule has 6 heteroatoms. The van der Waals surface area contributed by atoms with E-state index in [4.69, 9.17) is 15.3 Å². The van der Waals surface area contributed by atoms with Crippen LogP contribution in [0.25, 0.3) is 10.9 Å². The highest BCUT2D eigenvalue weighted by atomic mass is 16.5. The Hall–Kier alpha value is -3.12. The van der Waals surface area contributed by atoms with Gasteiger partial charge in [0.25, 0.3) is 5.91 Å². The lowest BCUT2D eigenvalue weighted by Gasteiger charge is -2.16. The molecule has 1 aliphatic carbocycles. The van der Waals surface area contributed by atoms with Crippen molar-refractivity contribution in [1.29, 1.82) is 10.5 Å². The van der Waals surface area contributed by atoms with Crippen molar-refractivity contribution in [1.82, 2.24) is 9.88 Å². The Labute approximate surface area is 139 Å². The zero-order valence-electron chi connectivity index (χ0n) is 13.1. The van der Waals surface area contributed by atoms with Gasteiger partial charge in [-0.2, -0.15) is 10.5 Å². The fourth-order valence-corrected chi connectivity index (χ4v) is 2.40. The normalized spacial score (nSPS) is 13.1. The predicted molar refractivity (Wildman–Crippen MR) is 87.1 cm³/mol. The van der Waals surface area contributed by atoms with Crippen molar-refractivity contribution in [3.63, 3.8) is 0 Å². The fraction of sp³-hybridized carbons (Fsp3) is 0.333. The minimum absolute atomic E-state index is 0.154. The minimum Gasteiger partial charge on any atom is -0.493 e. The van der Waals surface area contributed by atoms with Gasteiger partial charge in [-0.3, -0.25) is 4.79 Å². The average molecular weight is 320 g/mol. The predicted octanol–water partition coefficient (Wildman–Crippen LogP) is 2.51. The van der Waals surface area contributed by atoms with Crippen LogP contribution in [0, 0.1) is 28.6 Å². The Morgan fingerprint density at radius 1 is 1.25 bits per heavy atom. The number of ether oxygens (including phenoxy) is 1. The molecule has 3 rings (SSSR count). The van der Waals surface area contributed by atoms with Gasteiger partial charge in [0.15, 0.2) is 0 Å². The van der Waals surface area contributed by atoms with Crippen molar-refractivity contribution >= 4 is 16.8 Å². The summed E-state index contributed by atoms with van der Waals surface area (Å²) in [5.74, 6) is 0.759. The number of para-hydroxylation sites is 1. The monoisotopic (exact) mass is 320 g/mol. The van der Waals surface area contributed by atoms with Crippen LogP contribution in [0.5, 0.6) is 5.75 Å². The van der Waals surface area contributed by atoms with Gasteiger partial charge in [-0.25, -0.2) is 4.98 Å². The molecule has 0 unspecified atom stereocenters. The molecule has 1 amide bonds. The maximum atomic E-state index is 12.6. The van der Waals surface area contributed by atoms with E-state index in [2.05, 4.69) is 4.98 Å². The van der Waals surface area contributed by atoms with Gasteiger partial charge < -0.3 is 9.64 Å². The number of benzene rings is 1. The smallest absolute Gasteiger partial charge is 0.274 e. The van der Waals surface area contributed by atoms with Gasteiger partial charge in [0, 0.05) is 11.5 Å². The number of nitriles is 2. The summed E-state index contributed by atoms with van der Waals surface area (Å²) in [5.41, 5.74) is 0.841. The topological polar surface area (TPSA) is 90.0 Å². The second-order valence-corrected chi connectivity index (χ2v) is 5.75. The lowest BCUT2D eigenvalue weighted by Crippen LogP contribution is -2.32. The second-order valence-electron chi connectivity index (χ2n) is 5.75. The number of hydrogen-bond donors (Lipinski definition) is 0. The van der Waals surface area contributed by atoms with E-state index in [1.807, 2.05) is 36.4 Å². The summed E-state index contributed by atoms with van der Waals surface area (Å²) >= 11 is 0. The van der Waals surface area contributed by atoms with Crippen molar-refractivity contribution in [2.24, 2.45) is 5.92 Å². The molecule has 0 radical (unpaired) electrons. The molecule has 6 nitrogen and oxygen atoms in total. The molecule has 2 aromatic rings. The molecule has 1 saturated carbocycles. The number of amides is 1. The number of carbonyl (C=O) groups is 1. The molecule has 0 N–H and O–H groups in total. The maximum Gasteiger partial charge on any atom is 0.274 e. The number of carbonyl (C=O) groups excluding carboxylic acids is 1. The number of fused-ring (bicyclic) bond motifs is 1. The first-order valence-electron chi connectivity index (χ1n) is 7.78. The van der Waals surface area contributed by atoms with Crippen LogP contribution in [0.3, 0.4) is 0 Å². The van der Waals surface area contributed by atoms with Crippen LogP contribution >= 0.6 is 0 Å². The van der Waals surface area contributed by atoms with E-state index in [1.165, 1.54) is 17.7 Å². The molecular formula is C18H16N4O2. The van der Waals surface area contributed by atoms with Gasteiger partial charge in [-0.05, 0) is 30.9 Å². The van der Waals surface area contributed by atoms with E-state index in [0.717, 1.165) is 5.39 Å². The number of aromatic nitrogens is 1. The van der Waals surface area contributed by atoms with Crippen molar-refractivity contribution in [3.05, 3.63) is 36.0 Å². The summed E-state index contributed by atoms with van der Waals surface area (Å²) in [4.78, 5) is 18.1. The molecule has 24 heavy (non-hydrogen) atoms. The van der Waals surface area contributed by atoms with Gasteiger partial charge in [0.1, 0.15) is 24.5 Å². The molecule has 120 valence electrons. The highest BCUT2D eigenvalue weighted by molar-refractivity contribution is 5.97. The summed E-state index contributed by atoms with van der Waals surface area (Å²) in [7, 11) is 0. The van der Waals surface area contributed by atoms with Gasteiger partial charge in [0.05, 0.1) is 24.3 Å². The first-order chi connectivity index (χ1) is 11.7. The molecule has 0 atom stereocenters. The summed E-state index contributed by atoms with van der Waals surface area (Å²) in [6.07, 6.45) is 2.35. The molecule has 1 aliphatic rings. The quantitative estimate of drug-likeness (QED) is 0.763. The molecule has 0 spiro atoms. The highest BCUT2D eigenvalue weighted by Gasteiger charge is 2.23. The molecule has 1 fully saturated rings. The zero-order chi connectivity index (χ0) is 16.9. The largest absolute Gasteiger partial charge is 0.493 e. The summed E-state index contributed by atoms with van der Waals surface area (Å²) in [6.45, 7) is 0.320. The average Bonchev–Trinajstić information content (AvgIpc) is 3.43. The second kappa shape index (κ2) is 6.97. The summed E-state index contributed by atoms with van der Waals surface area (Å²) in [5, 5.41) is 18.5. The van der Waals surface area contributed by atoms with Gasteiger partial charge >= 0.3 is 0 Å². The maximum absolute atomic E-state index is 12.6. The van der Waals surface area contributed by atoms with E-state index in [9.17, 15) is 4.79 Å². The fourth-order valence-electron chi connectivity index (χ4n) is 2.40. The van der Waals surface area contributed by atoms with Crippen molar-refractivity contribution < 1.29 is 9.53 Å². The molecule has 1 heterocycles. The Balaban J connectivity index is 1.96. The van der Waals surface area contributed by atoms with Crippen molar-refractivity contribution in [3.8, 4) is 17.9 Å². The molecule has 1 aromatic heterocycles. The van der Waals surface area contributed by atoms with E-state index in [-0.39, 0.29) is 18.8 Å². The lowest BCUT2D eigenvalue weighted by molar-refractivity contribution is 0.0789. The molecule has 1 aromatic carbocycles. The summed E-state index contributed by atoms with van der Waals surface area (Å²) < 4.78 is 5.89. The third kappa shape index (κ3) is 3.44.